The Morgan fingerprint density at radius 1 is 0.330 bits per heavy atom. The van der Waals surface area contributed by atoms with E-state index in [0.29, 0.717) is 25.7 Å². The van der Waals surface area contributed by atoms with Gasteiger partial charge in [0.2, 0.25) is 0 Å². The average molecular weight is 1420 g/mol. The van der Waals surface area contributed by atoms with E-state index in [1.807, 2.05) is 0 Å². The Bertz CT molecular complexity index is 1990. The Balaban J connectivity index is 5.17. The summed E-state index contributed by atoms with van der Waals surface area (Å²) in [5.74, 6) is 0.166. The molecule has 0 bridgehead atoms. The van der Waals surface area contributed by atoms with Crippen LogP contribution in [0.2, 0.25) is 0 Å². The molecule has 0 fully saturated rings. The smallest absolute Gasteiger partial charge is 0.462 e. The maximum Gasteiger partial charge on any atom is 0.472 e. The number of rotatable bonds is 74. The van der Waals surface area contributed by atoms with E-state index in [9.17, 15) is 43.2 Å². The van der Waals surface area contributed by atoms with Gasteiger partial charge in [-0.05, 0) is 69.1 Å². The molecule has 0 saturated carbocycles. The molecule has 0 spiro atoms. The number of hydrogen-bond acceptors (Lipinski definition) is 15. The zero-order valence-electron chi connectivity index (χ0n) is 63.0. The molecular weight excluding hydrogens is 1270 g/mol. The summed E-state index contributed by atoms with van der Waals surface area (Å²) in [6.45, 7) is 11.8. The van der Waals surface area contributed by atoms with Gasteiger partial charge in [0.1, 0.15) is 19.3 Å². The van der Waals surface area contributed by atoms with Crippen molar-refractivity contribution in [2.75, 3.05) is 39.6 Å². The molecule has 17 nitrogen and oxygen atoms in total. The van der Waals surface area contributed by atoms with Crippen molar-refractivity contribution < 1.29 is 80.2 Å². The number of esters is 4. The lowest BCUT2D eigenvalue weighted by atomic mass is 9.99. The third kappa shape index (κ3) is 67.8. The second-order valence-electron chi connectivity index (χ2n) is 28.1. The predicted molar refractivity (Wildman–Crippen MR) is 395 cm³/mol. The first kappa shape index (κ1) is 94.5. The minimum atomic E-state index is -4.96. The number of hydrogen-bond donors (Lipinski definition) is 3. The number of unbranched alkanes of at least 4 members (excludes halogenated alkanes) is 36. The quantitative estimate of drug-likeness (QED) is 0.0169. The monoisotopic (exact) mass is 1420 g/mol. The van der Waals surface area contributed by atoms with Crippen LogP contribution in [0.25, 0.3) is 0 Å². The van der Waals surface area contributed by atoms with Gasteiger partial charge in [0.25, 0.3) is 0 Å². The minimum absolute atomic E-state index is 0.0838. The number of ether oxygens (including phenoxy) is 4. The van der Waals surface area contributed by atoms with Crippen molar-refractivity contribution in [1.82, 2.24) is 0 Å². The number of allylic oxidation sites excluding steroid dienone is 4. The maximum absolute atomic E-state index is 13.1. The Kier molecular flexibility index (Phi) is 66.3. The van der Waals surface area contributed by atoms with Crippen LogP contribution in [0, 0.1) is 17.8 Å². The number of phosphoric acid groups is 2. The molecule has 0 aliphatic rings. The van der Waals surface area contributed by atoms with Crippen molar-refractivity contribution in [3.05, 3.63) is 24.3 Å². The maximum atomic E-state index is 13.1. The minimum Gasteiger partial charge on any atom is -0.462 e. The molecule has 0 radical (unpaired) electrons. The topological polar surface area (TPSA) is 237 Å². The summed E-state index contributed by atoms with van der Waals surface area (Å²) in [5.41, 5.74) is 0. The fourth-order valence-corrected chi connectivity index (χ4v) is 12.9. The summed E-state index contributed by atoms with van der Waals surface area (Å²) in [7, 11) is -9.93. The van der Waals surface area contributed by atoms with Crippen LogP contribution >= 0.6 is 15.6 Å². The molecule has 97 heavy (non-hydrogen) atoms. The van der Waals surface area contributed by atoms with Gasteiger partial charge in [-0.15, -0.1) is 0 Å². The zero-order valence-corrected chi connectivity index (χ0v) is 64.8. The lowest BCUT2D eigenvalue weighted by Gasteiger charge is -2.21. The number of aliphatic hydroxyl groups is 1. The van der Waals surface area contributed by atoms with Crippen LogP contribution in [0.15, 0.2) is 24.3 Å². The predicted octanol–water partition coefficient (Wildman–Crippen LogP) is 22.5. The summed E-state index contributed by atoms with van der Waals surface area (Å²) < 4.78 is 68.4. The van der Waals surface area contributed by atoms with Gasteiger partial charge in [-0.1, -0.05) is 323 Å². The van der Waals surface area contributed by atoms with Crippen molar-refractivity contribution in [1.29, 1.82) is 0 Å². The van der Waals surface area contributed by atoms with Crippen LogP contribution in [0.4, 0.5) is 0 Å². The molecule has 572 valence electrons. The fourth-order valence-electron chi connectivity index (χ4n) is 11.3. The SMILES string of the molecule is CCCCCC/C=C\C=C/CCCCCCCC(=O)O[C@H](COC(=O)CCCCCCCCC(C)CC)COP(=O)(O)OC[C@H](O)COP(=O)(O)OC[C@@H](COC(=O)CCCCCCCCCCCCCCCCCCCCC(C)CC)OC(=O)CCCCCCCCC(C)CC. The zero-order chi connectivity index (χ0) is 71.6. The van der Waals surface area contributed by atoms with Crippen LogP contribution < -0.4 is 0 Å². The van der Waals surface area contributed by atoms with Gasteiger partial charge in [-0.25, -0.2) is 9.13 Å². The molecule has 0 amide bonds. The Morgan fingerprint density at radius 2 is 0.577 bits per heavy atom. The second-order valence-corrected chi connectivity index (χ2v) is 31.0. The highest BCUT2D eigenvalue weighted by Gasteiger charge is 2.30. The number of aliphatic hydroxyl groups excluding tert-OH is 1. The Hall–Kier alpha value is -2.46. The van der Waals surface area contributed by atoms with E-state index in [-0.39, 0.29) is 25.7 Å². The first-order valence-electron chi connectivity index (χ1n) is 39.8. The number of carbonyl (C=O) groups is 4. The largest absolute Gasteiger partial charge is 0.472 e. The molecule has 0 aromatic heterocycles. The molecule has 8 atom stereocenters. The van der Waals surface area contributed by atoms with Crippen LogP contribution in [-0.2, 0) is 65.4 Å². The molecule has 3 N–H and O–H groups in total. The summed E-state index contributed by atoms with van der Waals surface area (Å²) in [6, 6.07) is 0. The average Bonchev–Trinajstić information content (AvgIpc) is 1.33. The standard InChI is InChI=1S/C78H148O17P2/c1-8-12-13-14-15-16-17-18-23-28-31-34-37-47-54-61-77(82)94-73(66-89-76(81)60-53-46-40-38-43-50-57-70(6)10-3)67-92-96(84,85)90-63-72(79)64-91-97(86,87)93-68-74(95-78(83)62-55-48-41-39-44-51-58-71(7)11-4)65-88-75(80)59-52-45-36-33-30-27-25-22-20-19-21-24-26-29-32-35-42-49-56-69(5)9-2/h16-18,23,69-74,79H,8-15,19-22,24-68H2,1-7H3,(H,84,85)(H,86,87)/b17-16-,23-18-/t69?,70?,71?,72-,73+,74+/m0/s1. The molecule has 5 unspecified atom stereocenters. The second kappa shape index (κ2) is 68.0. The molecule has 19 heteroatoms. The van der Waals surface area contributed by atoms with Crippen molar-refractivity contribution in [2.45, 2.75) is 394 Å². The summed E-state index contributed by atoms with van der Waals surface area (Å²) in [5, 5.41) is 10.6. The van der Waals surface area contributed by atoms with E-state index in [4.69, 9.17) is 37.0 Å². The molecule has 0 rings (SSSR count). The summed E-state index contributed by atoms with van der Waals surface area (Å²) in [6.07, 6.45) is 57.9. The van der Waals surface area contributed by atoms with Crippen molar-refractivity contribution >= 4 is 39.5 Å². The van der Waals surface area contributed by atoms with Crippen LogP contribution in [-0.4, -0.2) is 96.7 Å². The summed E-state index contributed by atoms with van der Waals surface area (Å²) in [4.78, 5) is 72.8. The van der Waals surface area contributed by atoms with Crippen molar-refractivity contribution in [3.63, 3.8) is 0 Å². The van der Waals surface area contributed by atoms with E-state index in [1.165, 1.54) is 167 Å². The normalized spacial score (nSPS) is 15.0. The van der Waals surface area contributed by atoms with Crippen molar-refractivity contribution in [2.24, 2.45) is 17.8 Å². The van der Waals surface area contributed by atoms with E-state index < -0.39 is 97.5 Å². The summed E-state index contributed by atoms with van der Waals surface area (Å²) >= 11 is 0. The van der Waals surface area contributed by atoms with Crippen LogP contribution in [0.1, 0.15) is 376 Å². The highest BCUT2D eigenvalue weighted by atomic mass is 31.2. The molecule has 0 saturated heterocycles. The highest BCUT2D eigenvalue weighted by Crippen LogP contribution is 2.45. The van der Waals surface area contributed by atoms with Crippen LogP contribution in [0.3, 0.4) is 0 Å². The van der Waals surface area contributed by atoms with Gasteiger partial charge in [-0.3, -0.25) is 37.3 Å². The van der Waals surface area contributed by atoms with Gasteiger partial charge < -0.3 is 33.8 Å². The van der Waals surface area contributed by atoms with E-state index >= 15 is 0 Å². The van der Waals surface area contributed by atoms with E-state index in [2.05, 4.69) is 72.8 Å². The highest BCUT2D eigenvalue weighted by molar-refractivity contribution is 7.47. The molecule has 0 aliphatic carbocycles. The molecule has 0 aliphatic heterocycles. The molecular formula is C78H148O17P2. The fraction of sp³-hybridized carbons (Fsp3) is 0.897. The first-order valence-corrected chi connectivity index (χ1v) is 42.8. The number of carbonyl (C=O) groups excluding carboxylic acids is 4. The Morgan fingerprint density at radius 3 is 0.866 bits per heavy atom. The third-order valence-electron chi connectivity index (χ3n) is 18.6. The van der Waals surface area contributed by atoms with Gasteiger partial charge in [0, 0.05) is 25.7 Å². The van der Waals surface area contributed by atoms with Gasteiger partial charge in [-0.2, -0.15) is 0 Å². The molecule has 0 aromatic carbocycles. The van der Waals surface area contributed by atoms with Gasteiger partial charge in [0.15, 0.2) is 12.2 Å². The van der Waals surface area contributed by atoms with Gasteiger partial charge >= 0.3 is 39.5 Å². The van der Waals surface area contributed by atoms with E-state index in [1.54, 1.807) is 0 Å². The lowest BCUT2D eigenvalue weighted by molar-refractivity contribution is -0.161. The third-order valence-corrected chi connectivity index (χ3v) is 20.5. The Labute approximate surface area is 592 Å². The number of phosphoric ester groups is 2. The molecule has 0 aromatic rings. The van der Waals surface area contributed by atoms with E-state index in [0.717, 1.165) is 127 Å². The van der Waals surface area contributed by atoms with Crippen LogP contribution in [0.5, 0.6) is 0 Å². The molecule has 0 heterocycles. The lowest BCUT2D eigenvalue weighted by Crippen LogP contribution is -2.30. The van der Waals surface area contributed by atoms with Gasteiger partial charge in [0.05, 0.1) is 26.4 Å². The first-order chi connectivity index (χ1) is 46.8. The van der Waals surface area contributed by atoms with Crippen molar-refractivity contribution in [3.8, 4) is 0 Å².